The first kappa shape index (κ1) is 24.0. The van der Waals surface area contributed by atoms with Crippen molar-refractivity contribution in [2.45, 2.75) is 24.2 Å². The molecule has 2 heterocycles. The molecule has 0 unspecified atom stereocenters. The zero-order chi connectivity index (χ0) is 24.3. The minimum atomic E-state index is -3.69. The number of carbonyl (C=O) groups excluding carboxylic acids is 1. The summed E-state index contributed by atoms with van der Waals surface area (Å²) < 4.78 is 41.2. The number of anilines is 2. The van der Waals surface area contributed by atoms with E-state index in [1.54, 1.807) is 23.1 Å². The summed E-state index contributed by atoms with van der Waals surface area (Å²) in [6.07, 6.45) is 3.21. The van der Waals surface area contributed by atoms with Crippen molar-refractivity contribution in [2.75, 3.05) is 56.1 Å². The Bertz CT molecular complexity index is 1210. The highest BCUT2D eigenvalue weighted by atomic mass is 32.2. The summed E-state index contributed by atoms with van der Waals surface area (Å²) in [7, 11) is -2.35. The normalized spacial score (nSPS) is 16.9. The van der Waals surface area contributed by atoms with Gasteiger partial charge in [0.25, 0.3) is 5.91 Å². The standard InChI is InChI=1S/C24H28FN5O3S/c1-27-34(32,33)20-7-8-23(29-9-3-2-4-10-29)21(16-20)24(31)30-13-11-28(12-14-30)19-6-5-18(17-26)22(25)15-19/h5-8,15-16,27H,2-4,9-14H2,1H3. The molecule has 2 aromatic carbocycles. The monoisotopic (exact) mass is 485 g/mol. The van der Waals surface area contributed by atoms with Crippen LogP contribution in [0.15, 0.2) is 41.3 Å². The molecule has 2 aromatic rings. The zero-order valence-electron chi connectivity index (χ0n) is 19.1. The van der Waals surface area contributed by atoms with Crippen LogP contribution in [0.4, 0.5) is 15.8 Å². The predicted molar refractivity (Wildman–Crippen MR) is 128 cm³/mol. The summed E-state index contributed by atoms with van der Waals surface area (Å²) in [5.74, 6) is -0.772. The van der Waals surface area contributed by atoms with Crippen LogP contribution in [0.3, 0.4) is 0 Å². The Morgan fingerprint density at radius 3 is 2.29 bits per heavy atom. The first-order valence-corrected chi connectivity index (χ1v) is 12.9. The average Bonchev–Trinajstić information content (AvgIpc) is 2.88. The lowest BCUT2D eigenvalue weighted by molar-refractivity contribution is 0.0747. The highest BCUT2D eigenvalue weighted by Gasteiger charge is 2.28. The van der Waals surface area contributed by atoms with Gasteiger partial charge in [0.15, 0.2) is 0 Å². The second-order valence-electron chi connectivity index (χ2n) is 8.49. The molecule has 2 aliphatic heterocycles. The molecule has 1 amide bonds. The van der Waals surface area contributed by atoms with Gasteiger partial charge in [-0.15, -0.1) is 0 Å². The summed E-state index contributed by atoms with van der Waals surface area (Å²) in [4.78, 5) is 19.5. The number of nitrogens with one attached hydrogen (secondary N) is 1. The Balaban J connectivity index is 1.56. The second kappa shape index (κ2) is 9.99. The Labute approximate surface area is 199 Å². The minimum Gasteiger partial charge on any atom is -0.371 e. The van der Waals surface area contributed by atoms with Crippen LogP contribution in [0.1, 0.15) is 35.2 Å². The Kier molecular flexibility index (Phi) is 7.05. The Hall–Kier alpha value is -3.16. The zero-order valence-corrected chi connectivity index (χ0v) is 19.9. The average molecular weight is 486 g/mol. The van der Waals surface area contributed by atoms with E-state index in [0.29, 0.717) is 37.4 Å². The van der Waals surface area contributed by atoms with Crippen molar-refractivity contribution >= 4 is 27.3 Å². The fourth-order valence-corrected chi connectivity index (χ4v) is 5.27. The van der Waals surface area contributed by atoms with Crippen molar-refractivity contribution in [3.05, 3.63) is 53.3 Å². The number of hydrogen-bond acceptors (Lipinski definition) is 6. The van der Waals surface area contributed by atoms with E-state index >= 15 is 0 Å². The van der Waals surface area contributed by atoms with Gasteiger partial charge in [-0.05, 0) is 62.7 Å². The number of carbonyl (C=O) groups is 1. The molecule has 1 N–H and O–H groups in total. The van der Waals surface area contributed by atoms with Gasteiger partial charge in [0, 0.05) is 50.6 Å². The largest absolute Gasteiger partial charge is 0.371 e. The molecule has 0 saturated carbocycles. The number of rotatable bonds is 5. The maximum atomic E-state index is 14.0. The van der Waals surface area contributed by atoms with Gasteiger partial charge >= 0.3 is 0 Å². The van der Waals surface area contributed by atoms with Crippen molar-refractivity contribution in [3.63, 3.8) is 0 Å². The molecule has 180 valence electrons. The van der Waals surface area contributed by atoms with Gasteiger partial charge in [-0.1, -0.05) is 0 Å². The summed E-state index contributed by atoms with van der Waals surface area (Å²) in [5.41, 5.74) is 1.81. The van der Waals surface area contributed by atoms with Crippen molar-refractivity contribution in [1.82, 2.24) is 9.62 Å². The predicted octanol–water partition coefficient (Wildman–Crippen LogP) is 2.56. The number of hydrogen-bond donors (Lipinski definition) is 1. The number of sulfonamides is 1. The van der Waals surface area contributed by atoms with E-state index < -0.39 is 15.8 Å². The third-order valence-electron chi connectivity index (χ3n) is 6.48. The SMILES string of the molecule is CNS(=O)(=O)c1ccc(N2CCCCC2)c(C(=O)N2CCN(c3ccc(C#N)c(F)c3)CC2)c1. The third kappa shape index (κ3) is 4.86. The Morgan fingerprint density at radius 2 is 1.68 bits per heavy atom. The van der Waals surface area contributed by atoms with Crippen LogP contribution < -0.4 is 14.5 Å². The summed E-state index contributed by atoms with van der Waals surface area (Å²) in [6, 6.07) is 11.1. The van der Waals surface area contributed by atoms with Crippen LogP contribution in [0.25, 0.3) is 0 Å². The fourth-order valence-electron chi connectivity index (χ4n) is 4.51. The number of benzene rings is 2. The lowest BCUT2D eigenvalue weighted by atomic mass is 10.1. The van der Waals surface area contributed by atoms with Crippen LogP contribution in [-0.4, -0.2) is 65.5 Å². The second-order valence-corrected chi connectivity index (χ2v) is 10.4. The minimum absolute atomic E-state index is 0.000732. The van der Waals surface area contributed by atoms with E-state index in [1.807, 2.05) is 11.0 Å². The van der Waals surface area contributed by atoms with E-state index in [2.05, 4.69) is 9.62 Å². The maximum Gasteiger partial charge on any atom is 0.256 e. The molecule has 0 radical (unpaired) electrons. The Morgan fingerprint density at radius 1 is 0.971 bits per heavy atom. The van der Waals surface area contributed by atoms with Gasteiger partial charge in [-0.25, -0.2) is 17.5 Å². The van der Waals surface area contributed by atoms with Crippen molar-refractivity contribution < 1.29 is 17.6 Å². The molecule has 0 bridgehead atoms. The van der Waals surface area contributed by atoms with E-state index in [1.165, 1.54) is 25.2 Å². The fraction of sp³-hybridized carbons (Fsp3) is 0.417. The molecular formula is C24H28FN5O3S. The number of nitriles is 1. The van der Waals surface area contributed by atoms with Crippen LogP contribution in [-0.2, 0) is 10.0 Å². The molecule has 34 heavy (non-hydrogen) atoms. The molecule has 10 heteroatoms. The summed E-state index contributed by atoms with van der Waals surface area (Å²) >= 11 is 0. The van der Waals surface area contributed by atoms with Gasteiger partial charge in [0.1, 0.15) is 11.9 Å². The van der Waals surface area contributed by atoms with Gasteiger partial charge in [-0.2, -0.15) is 5.26 Å². The van der Waals surface area contributed by atoms with Gasteiger partial charge in [0.05, 0.1) is 16.0 Å². The van der Waals surface area contributed by atoms with E-state index in [9.17, 15) is 17.6 Å². The molecule has 0 aromatic heterocycles. The molecule has 2 saturated heterocycles. The van der Waals surface area contributed by atoms with Gasteiger partial charge in [-0.3, -0.25) is 4.79 Å². The van der Waals surface area contributed by atoms with E-state index in [4.69, 9.17) is 5.26 Å². The number of halogens is 1. The van der Waals surface area contributed by atoms with Crippen LogP contribution in [0.2, 0.25) is 0 Å². The van der Waals surface area contributed by atoms with Crippen molar-refractivity contribution in [1.29, 1.82) is 5.26 Å². The number of nitrogens with zero attached hydrogens (tertiary/aromatic N) is 4. The molecule has 2 aliphatic rings. The van der Waals surface area contributed by atoms with Gasteiger partial charge < -0.3 is 14.7 Å². The molecular weight excluding hydrogens is 457 g/mol. The summed E-state index contributed by atoms with van der Waals surface area (Å²) in [6.45, 7) is 3.51. The topological polar surface area (TPSA) is 96.8 Å². The number of piperazine rings is 1. The quantitative estimate of drug-likeness (QED) is 0.699. The van der Waals surface area contributed by atoms with E-state index in [-0.39, 0.29) is 16.4 Å². The lowest BCUT2D eigenvalue weighted by Crippen LogP contribution is -2.49. The lowest BCUT2D eigenvalue weighted by Gasteiger charge is -2.37. The number of piperidine rings is 1. The van der Waals surface area contributed by atoms with Gasteiger partial charge in [0.2, 0.25) is 10.0 Å². The molecule has 0 atom stereocenters. The van der Waals surface area contributed by atoms with Crippen molar-refractivity contribution in [2.24, 2.45) is 0 Å². The summed E-state index contributed by atoms with van der Waals surface area (Å²) in [5, 5.41) is 8.93. The molecule has 8 nitrogen and oxygen atoms in total. The highest BCUT2D eigenvalue weighted by Crippen LogP contribution is 2.29. The molecule has 2 fully saturated rings. The number of amides is 1. The molecule has 0 aliphatic carbocycles. The van der Waals surface area contributed by atoms with Crippen molar-refractivity contribution in [3.8, 4) is 6.07 Å². The smallest absolute Gasteiger partial charge is 0.256 e. The molecule has 4 rings (SSSR count). The van der Waals surface area contributed by atoms with E-state index in [0.717, 1.165) is 38.0 Å². The first-order valence-electron chi connectivity index (χ1n) is 11.4. The van der Waals surface area contributed by atoms with Crippen LogP contribution >= 0.6 is 0 Å². The highest BCUT2D eigenvalue weighted by molar-refractivity contribution is 7.89. The first-order chi connectivity index (χ1) is 16.3. The van der Waals surface area contributed by atoms with Crippen LogP contribution in [0.5, 0.6) is 0 Å². The third-order valence-corrected chi connectivity index (χ3v) is 7.89. The van der Waals surface area contributed by atoms with Crippen LogP contribution in [0, 0.1) is 17.1 Å². The molecule has 0 spiro atoms. The maximum absolute atomic E-state index is 14.0.